The molecule has 3 N–H and O–H groups in total. The summed E-state index contributed by atoms with van der Waals surface area (Å²) in [6, 6.07) is 0. The molecule has 0 radical (unpaired) electrons. The molecule has 29 heavy (non-hydrogen) atoms. The molecule has 0 rings (SSSR count). The van der Waals surface area contributed by atoms with Crippen LogP contribution in [-0.2, 0) is 18.6 Å². The zero-order chi connectivity index (χ0) is 21.8. The molecular formula is C21H11O7P. The van der Waals surface area contributed by atoms with Gasteiger partial charge in [0, 0.05) is 5.92 Å². The number of hydrogen-bond acceptors (Lipinski definition) is 5. The Bertz CT molecular complexity index is 1150. The minimum Gasteiger partial charge on any atom is -0.453 e. The Labute approximate surface area is 168 Å². The number of hydrogen-bond donors (Lipinski definition) is 3. The lowest BCUT2D eigenvalue weighted by Gasteiger charge is -2.10. The van der Waals surface area contributed by atoms with E-state index in [0.29, 0.717) is 0 Å². The van der Waals surface area contributed by atoms with Gasteiger partial charge in [0.1, 0.15) is 12.7 Å². The maximum Gasteiger partial charge on any atom is 0.469 e. The van der Waals surface area contributed by atoms with Gasteiger partial charge in [0.15, 0.2) is 0 Å². The van der Waals surface area contributed by atoms with Crippen LogP contribution in [0.1, 0.15) is 6.92 Å². The first-order valence-corrected chi connectivity index (χ1v) is 8.86. The second-order valence-electron chi connectivity index (χ2n) is 4.16. The molecular weight excluding hydrogens is 395 g/mol. The van der Waals surface area contributed by atoms with Gasteiger partial charge in [0.25, 0.3) is 0 Å². The van der Waals surface area contributed by atoms with Crippen LogP contribution in [0.15, 0.2) is 0 Å². The number of ether oxygens (including phenoxy) is 1. The van der Waals surface area contributed by atoms with E-state index in [1.165, 1.54) is 0 Å². The third-order valence-corrected chi connectivity index (χ3v) is 2.43. The van der Waals surface area contributed by atoms with Crippen molar-refractivity contribution in [3.05, 3.63) is 0 Å². The second-order valence-corrected chi connectivity index (χ2v) is 5.40. The topological polar surface area (TPSA) is 113 Å². The minimum absolute atomic E-state index is 0.554. The van der Waals surface area contributed by atoms with Crippen LogP contribution in [0.3, 0.4) is 0 Å². The molecule has 0 aliphatic carbocycles. The highest BCUT2D eigenvalue weighted by atomic mass is 31.2. The summed E-state index contributed by atoms with van der Waals surface area (Å²) < 4.78 is 19.0. The van der Waals surface area contributed by atoms with Crippen molar-refractivity contribution in [2.24, 2.45) is 0 Å². The molecule has 0 heterocycles. The van der Waals surface area contributed by atoms with Gasteiger partial charge in [-0.1, -0.05) is 5.92 Å². The predicted molar refractivity (Wildman–Crippen MR) is 103 cm³/mol. The second kappa shape index (κ2) is 16.2. The number of carbonyl (C=O) groups excluding carboxylic acids is 1. The van der Waals surface area contributed by atoms with Gasteiger partial charge >= 0.3 is 13.8 Å². The molecule has 0 aliphatic heterocycles. The van der Waals surface area contributed by atoms with Gasteiger partial charge in [-0.25, -0.2) is 9.36 Å². The third kappa shape index (κ3) is 20.2. The van der Waals surface area contributed by atoms with Crippen molar-refractivity contribution in [1.29, 1.82) is 0 Å². The van der Waals surface area contributed by atoms with E-state index in [4.69, 9.17) is 9.79 Å². The molecule has 8 heteroatoms. The number of carbonyl (C=O) groups is 1. The number of esters is 1. The molecule has 0 bridgehead atoms. The van der Waals surface area contributed by atoms with Crippen molar-refractivity contribution in [3.63, 3.8) is 0 Å². The van der Waals surface area contributed by atoms with Crippen molar-refractivity contribution >= 4 is 13.8 Å². The highest BCUT2D eigenvalue weighted by molar-refractivity contribution is 7.46. The quantitative estimate of drug-likeness (QED) is 0.234. The number of phosphoric acid groups is 1. The molecule has 0 aromatic heterocycles. The zero-order valence-corrected chi connectivity index (χ0v) is 15.8. The number of aliphatic hydroxyl groups is 1. The van der Waals surface area contributed by atoms with E-state index >= 15 is 0 Å². The first kappa shape index (κ1) is 25.0. The molecule has 0 saturated heterocycles. The van der Waals surface area contributed by atoms with Crippen LogP contribution in [-0.4, -0.2) is 40.2 Å². The van der Waals surface area contributed by atoms with Gasteiger partial charge in [-0.15, -0.1) is 0 Å². The molecule has 7 nitrogen and oxygen atoms in total. The van der Waals surface area contributed by atoms with Gasteiger partial charge in [-0.3, -0.25) is 4.52 Å². The largest absolute Gasteiger partial charge is 0.469 e. The number of rotatable bonds is 5. The summed E-state index contributed by atoms with van der Waals surface area (Å²) in [6.45, 7) is 0.401. The minimum atomic E-state index is -4.70. The summed E-state index contributed by atoms with van der Waals surface area (Å²) in [7, 11) is -4.70. The fourth-order valence-corrected chi connectivity index (χ4v) is 1.33. The monoisotopic (exact) mass is 406 g/mol. The predicted octanol–water partition coefficient (Wildman–Crippen LogP) is -0.953. The lowest BCUT2D eigenvalue weighted by Crippen LogP contribution is -2.22. The Hall–Kier alpha value is -3.98. The van der Waals surface area contributed by atoms with Crippen molar-refractivity contribution in [3.8, 4) is 94.7 Å². The fourth-order valence-electron chi connectivity index (χ4n) is 0.959. The SMILES string of the molecule is CC#CC#CC#CC#CC#CC#CC#CC#CC(=O)OC[C@@H](O)COP(=O)(O)O. The normalized spacial score (nSPS) is 8.41. The number of aliphatic hydroxyl groups excluding tert-OH is 1. The maximum atomic E-state index is 11.2. The van der Waals surface area contributed by atoms with Crippen LogP contribution in [0.2, 0.25) is 0 Å². The van der Waals surface area contributed by atoms with Gasteiger partial charge in [0.05, 0.1) is 6.61 Å². The Balaban J connectivity index is 4.31. The molecule has 0 saturated carbocycles. The summed E-state index contributed by atoms with van der Waals surface area (Å²) in [5.74, 6) is 37.2. The summed E-state index contributed by atoms with van der Waals surface area (Å²) in [5.41, 5.74) is 0. The highest BCUT2D eigenvalue weighted by Crippen LogP contribution is 2.35. The first-order valence-electron chi connectivity index (χ1n) is 7.33. The molecule has 0 aliphatic rings. The number of phosphoric ester groups is 1. The molecule has 0 unspecified atom stereocenters. The lowest BCUT2D eigenvalue weighted by atomic mass is 10.4. The maximum absolute atomic E-state index is 11.2. The third-order valence-electron chi connectivity index (χ3n) is 1.94. The summed E-state index contributed by atoms with van der Waals surface area (Å²) in [5, 5.41) is 9.28. The molecule has 0 aromatic rings. The van der Waals surface area contributed by atoms with E-state index in [1.54, 1.807) is 6.92 Å². The highest BCUT2D eigenvalue weighted by Gasteiger charge is 2.17. The molecule has 1 atom stereocenters. The average molecular weight is 406 g/mol. The smallest absolute Gasteiger partial charge is 0.453 e. The van der Waals surface area contributed by atoms with Gasteiger partial charge in [-0.2, -0.15) is 0 Å². The van der Waals surface area contributed by atoms with Crippen molar-refractivity contribution in [2.45, 2.75) is 13.0 Å². The van der Waals surface area contributed by atoms with Crippen LogP contribution >= 0.6 is 7.82 Å². The summed E-state index contributed by atoms with van der Waals surface area (Å²) in [6.07, 6.45) is -1.42. The van der Waals surface area contributed by atoms with E-state index in [2.05, 4.69) is 98.1 Å². The molecule has 0 fully saturated rings. The van der Waals surface area contributed by atoms with E-state index in [-0.39, 0.29) is 0 Å². The van der Waals surface area contributed by atoms with Gasteiger partial charge < -0.3 is 19.6 Å². The Morgan fingerprint density at radius 1 is 0.793 bits per heavy atom. The van der Waals surface area contributed by atoms with E-state index in [0.717, 1.165) is 0 Å². The van der Waals surface area contributed by atoms with E-state index in [9.17, 15) is 14.5 Å². The van der Waals surface area contributed by atoms with Crippen LogP contribution in [0, 0.1) is 94.7 Å². The summed E-state index contributed by atoms with van der Waals surface area (Å²) >= 11 is 0. The van der Waals surface area contributed by atoms with Crippen LogP contribution in [0.5, 0.6) is 0 Å². The van der Waals surface area contributed by atoms with Gasteiger partial charge in [-0.05, 0) is 89.8 Å². The van der Waals surface area contributed by atoms with E-state index in [1.807, 2.05) is 5.92 Å². The fraction of sp³-hybridized carbons (Fsp3) is 0.190. The molecule has 0 spiro atoms. The van der Waals surface area contributed by atoms with Gasteiger partial charge in [0.2, 0.25) is 0 Å². The van der Waals surface area contributed by atoms with Crippen LogP contribution in [0.4, 0.5) is 0 Å². The molecule has 0 aromatic carbocycles. The van der Waals surface area contributed by atoms with Crippen molar-refractivity contribution in [2.75, 3.05) is 13.2 Å². The van der Waals surface area contributed by atoms with E-state index < -0.39 is 33.1 Å². The standard InChI is InChI=1S/C21H11O7P/c1-2-3-4-5-6-7-8-9-10-11-12-13-14-15-16-17-21(23)27-18-20(22)19-28-29(24,25)26/h20,22H,18-19H2,1H3,(H2,24,25,26)/t20-/m1/s1. The Morgan fingerprint density at radius 2 is 1.21 bits per heavy atom. The molecule has 142 valence electrons. The average Bonchev–Trinajstić information content (AvgIpc) is 2.67. The lowest BCUT2D eigenvalue weighted by molar-refractivity contribution is -0.140. The van der Waals surface area contributed by atoms with Crippen molar-refractivity contribution in [1.82, 2.24) is 0 Å². The summed E-state index contributed by atoms with van der Waals surface area (Å²) in [4.78, 5) is 28.1. The zero-order valence-electron chi connectivity index (χ0n) is 14.9. The Morgan fingerprint density at radius 3 is 1.62 bits per heavy atom. The Kier molecular flexibility index (Phi) is 14.0. The first-order chi connectivity index (χ1) is 13.8. The van der Waals surface area contributed by atoms with Crippen LogP contribution in [0.25, 0.3) is 0 Å². The van der Waals surface area contributed by atoms with Crippen molar-refractivity contribution < 1.29 is 33.5 Å². The molecule has 0 amide bonds. The van der Waals surface area contributed by atoms with Crippen LogP contribution < -0.4 is 0 Å².